The Kier molecular flexibility index (Phi) is 7.43. The fraction of sp³-hybridized carbons (Fsp3) is 0.462. The van der Waals surface area contributed by atoms with Gasteiger partial charge in [-0.25, -0.2) is 4.79 Å². The molecule has 0 aromatic heterocycles. The summed E-state index contributed by atoms with van der Waals surface area (Å²) in [5, 5.41) is 6.01. The molecule has 2 unspecified atom stereocenters. The van der Waals surface area contributed by atoms with Crippen molar-refractivity contribution in [3.8, 4) is 0 Å². The van der Waals surface area contributed by atoms with Gasteiger partial charge >= 0.3 is 6.03 Å². The van der Waals surface area contributed by atoms with E-state index in [0.29, 0.717) is 31.6 Å². The van der Waals surface area contributed by atoms with Gasteiger partial charge in [-0.2, -0.15) is 0 Å². The minimum absolute atomic E-state index is 0.0291. The van der Waals surface area contributed by atoms with Crippen LogP contribution < -0.4 is 10.6 Å². The zero-order valence-electron chi connectivity index (χ0n) is 18.9. The van der Waals surface area contributed by atoms with Crippen molar-refractivity contribution in [2.24, 2.45) is 0 Å². The molecular formula is C26H34N4O2. The molecule has 2 atom stereocenters. The van der Waals surface area contributed by atoms with Crippen molar-refractivity contribution in [1.82, 2.24) is 20.4 Å². The maximum atomic E-state index is 12.4. The van der Waals surface area contributed by atoms with Gasteiger partial charge in [-0.1, -0.05) is 60.7 Å². The topological polar surface area (TPSA) is 64.7 Å². The van der Waals surface area contributed by atoms with Crippen molar-refractivity contribution in [1.29, 1.82) is 0 Å². The fourth-order valence-electron chi connectivity index (χ4n) is 5.10. The van der Waals surface area contributed by atoms with E-state index in [4.69, 9.17) is 0 Å². The Morgan fingerprint density at radius 1 is 0.938 bits per heavy atom. The molecule has 6 nitrogen and oxygen atoms in total. The summed E-state index contributed by atoms with van der Waals surface area (Å²) in [6.07, 6.45) is 4.71. The van der Waals surface area contributed by atoms with Crippen LogP contribution in [0.15, 0.2) is 60.7 Å². The second-order valence-electron chi connectivity index (χ2n) is 9.10. The zero-order chi connectivity index (χ0) is 22.3. The first kappa shape index (κ1) is 22.3. The number of benzene rings is 2. The van der Waals surface area contributed by atoms with Gasteiger partial charge in [0.2, 0.25) is 5.91 Å². The number of carbonyl (C=O) groups excluding carboxylic acids is 2. The number of rotatable bonds is 8. The number of hydrogen-bond donors (Lipinski definition) is 2. The molecule has 2 N–H and O–H groups in total. The number of nitrogens with zero attached hydrogens (tertiary/aromatic N) is 2. The summed E-state index contributed by atoms with van der Waals surface area (Å²) in [5.41, 5.74) is 2.46. The molecule has 4 rings (SSSR count). The highest BCUT2D eigenvalue weighted by Gasteiger charge is 2.40. The molecule has 32 heavy (non-hydrogen) atoms. The molecule has 2 heterocycles. The fourth-order valence-corrected chi connectivity index (χ4v) is 5.10. The molecule has 0 spiro atoms. The largest absolute Gasteiger partial charge is 0.341 e. The van der Waals surface area contributed by atoms with E-state index in [1.54, 1.807) is 11.9 Å². The van der Waals surface area contributed by atoms with E-state index in [1.165, 1.54) is 18.4 Å². The number of nitrogens with one attached hydrogen (secondary N) is 2. The number of carbonyl (C=O) groups is 2. The molecule has 2 saturated heterocycles. The predicted molar refractivity (Wildman–Crippen MR) is 126 cm³/mol. The molecular weight excluding hydrogens is 400 g/mol. The lowest BCUT2D eigenvalue weighted by Gasteiger charge is -2.39. The van der Waals surface area contributed by atoms with Gasteiger partial charge in [0.1, 0.15) is 0 Å². The first-order valence-corrected chi connectivity index (χ1v) is 11.7. The van der Waals surface area contributed by atoms with E-state index in [2.05, 4.69) is 45.9 Å². The summed E-state index contributed by atoms with van der Waals surface area (Å²) >= 11 is 0. The summed E-state index contributed by atoms with van der Waals surface area (Å²) in [7, 11) is 1.80. The Bertz CT molecular complexity index is 875. The lowest BCUT2D eigenvalue weighted by atomic mass is 9.96. The summed E-state index contributed by atoms with van der Waals surface area (Å²) < 4.78 is 0. The van der Waals surface area contributed by atoms with E-state index in [-0.39, 0.29) is 18.0 Å². The van der Waals surface area contributed by atoms with Crippen molar-refractivity contribution in [2.45, 2.75) is 63.3 Å². The molecule has 170 valence electrons. The second-order valence-corrected chi connectivity index (χ2v) is 9.10. The number of piperidine rings is 1. The van der Waals surface area contributed by atoms with Crippen LogP contribution in [0.2, 0.25) is 0 Å². The van der Waals surface area contributed by atoms with Gasteiger partial charge in [0.05, 0.1) is 0 Å². The molecule has 2 aromatic carbocycles. The average Bonchev–Trinajstić information content (AvgIpc) is 3.02. The normalized spacial score (nSPS) is 22.3. The highest BCUT2D eigenvalue weighted by Crippen LogP contribution is 2.36. The lowest BCUT2D eigenvalue weighted by Crippen LogP contribution is -2.52. The molecule has 0 saturated carbocycles. The predicted octanol–water partition coefficient (Wildman–Crippen LogP) is 3.53. The Morgan fingerprint density at radius 2 is 1.53 bits per heavy atom. The van der Waals surface area contributed by atoms with E-state index in [9.17, 15) is 9.59 Å². The van der Waals surface area contributed by atoms with Gasteiger partial charge in [-0.3, -0.25) is 9.69 Å². The summed E-state index contributed by atoms with van der Waals surface area (Å²) in [5.74, 6) is 0.0291. The summed E-state index contributed by atoms with van der Waals surface area (Å²) in [6, 6.07) is 21.7. The molecule has 0 aliphatic carbocycles. The second kappa shape index (κ2) is 10.6. The third-order valence-corrected chi connectivity index (χ3v) is 6.74. The van der Waals surface area contributed by atoms with Gasteiger partial charge in [0, 0.05) is 51.2 Å². The molecule has 2 aromatic rings. The maximum absolute atomic E-state index is 12.4. The van der Waals surface area contributed by atoms with Crippen LogP contribution in [0.1, 0.15) is 43.2 Å². The third kappa shape index (κ3) is 5.88. The number of hydrogen-bond acceptors (Lipinski definition) is 3. The standard InChI is InChI=1S/C26H34N4O2/c1-29(18-20-8-4-2-5-9-20)25(31)14-15-27-26(32)28-22-16-23-12-13-24(17-22)30(23)19-21-10-6-3-7-11-21/h2-11,22-24H,12-19H2,1H3,(H2,27,28,32). The summed E-state index contributed by atoms with van der Waals surface area (Å²) in [6.45, 7) is 1.92. The smallest absolute Gasteiger partial charge is 0.315 e. The SMILES string of the molecule is CN(Cc1ccccc1)C(=O)CCNC(=O)NC1CC2CCC(C1)N2Cc1ccccc1. The Balaban J connectivity index is 1.16. The van der Waals surface area contributed by atoms with Gasteiger partial charge < -0.3 is 15.5 Å². The molecule has 0 radical (unpaired) electrons. The Hall–Kier alpha value is -2.86. The Morgan fingerprint density at radius 3 is 2.16 bits per heavy atom. The Labute approximate surface area is 191 Å². The molecule has 2 bridgehead atoms. The van der Waals surface area contributed by atoms with Crippen LogP contribution in [-0.2, 0) is 17.9 Å². The highest BCUT2D eigenvalue weighted by molar-refractivity contribution is 5.78. The van der Waals surface area contributed by atoms with E-state index in [0.717, 1.165) is 24.9 Å². The van der Waals surface area contributed by atoms with Gasteiger partial charge in [-0.15, -0.1) is 0 Å². The lowest BCUT2D eigenvalue weighted by molar-refractivity contribution is -0.130. The van der Waals surface area contributed by atoms with Gasteiger partial charge in [-0.05, 0) is 36.8 Å². The van der Waals surface area contributed by atoms with Crippen molar-refractivity contribution < 1.29 is 9.59 Å². The van der Waals surface area contributed by atoms with Crippen LogP contribution in [0.5, 0.6) is 0 Å². The van der Waals surface area contributed by atoms with Crippen LogP contribution in [0.4, 0.5) is 4.79 Å². The van der Waals surface area contributed by atoms with Crippen LogP contribution in [0.3, 0.4) is 0 Å². The monoisotopic (exact) mass is 434 g/mol. The van der Waals surface area contributed by atoms with E-state index in [1.807, 2.05) is 30.3 Å². The maximum Gasteiger partial charge on any atom is 0.315 e. The van der Waals surface area contributed by atoms with Crippen LogP contribution in [0, 0.1) is 0 Å². The van der Waals surface area contributed by atoms with Crippen molar-refractivity contribution in [3.63, 3.8) is 0 Å². The molecule has 2 aliphatic rings. The van der Waals surface area contributed by atoms with Gasteiger partial charge in [0.25, 0.3) is 0 Å². The molecule has 2 aliphatic heterocycles. The minimum Gasteiger partial charge on any atom is -0.341 e. The van der Waals surface area contributed by atoms with E-state index < -0.39 is 0 Å². The first-order valence-electron chi connectivity index (χ1n) is 11.7. The first-order chi connectivity index (χ1) is 15.6. The quantitative estimate of drug-likeness (QED) is 0.668. The number of fused-ring (bicyclic) bond motifs is 2. The van der Waals surface area contributed by atoms with E-state index >= 15 is 0 Å². The van der Waals surface area contributed by atoms with Gasteiger partial charge in [0.15, 0.2) is 0 Å². The average molecular weight is 435 g/mol. The van der Waals surface area contributed by atoms with Crippen LogP contribution in [-0.4, -0.2) is 53.5 Å². The van der Waals surface area contributed by atoms with Crippen molar-refractivity contribution >= 4 is 11.9 Å². The molecule has 2 fully saturated rings. The number of amides is 3. The van der Waals surface area contributed by atoms with Crippen LogP contribution in [0.25, 0.3) is 0 Å². The number of urea groups is 1. The minimum atomic E-state index is -0.163. The summed E-state index contributed by atoms with van der Waals surface area (Å²) in [4.78, 5) is 29.1. The van der Waals surface area contributed by atoms with Crippen molar-refractivity contribution in [2.75, 3.05) is 13.6 Å². The highest BCUT2D eigenvalue weighted by atomic mass is 16.2. The molecule has 3 amide bonds. The zero-order valence-corrected chi connectivity index (χ0v) is 18.9. The van der Waals surface area contributed by atoms with Crippen molar-refractivity contribution in [3.05, 3.63) is 71.8 Å². The van der Waals surface area contributed by atoms with Crippen LogP contribution >= 0.6 is 0 Å². The molecule has 6 heteroatoms. The third-order valence-electron chi connectivity index (χ3n) is 6.74.